The molecule has 98 valence electrons. The fourth-order valence-electron chi connectivity index (χ4n) is 2.15. The van der Waals surface area contributed by atoms with Gasteiger partial charge in [0.2, 0.25) is 0 Å². The number of rotatable bonds is 5. The van der Waals surface area contributed by atoms with E-state index in [4.69, 9.17) is 6.42 Å². The van der Waals surface area contributed by atoms with Gasteiger partial charge in [-0.05, 0) is 17.5 Å². The highest BCUT2D eigenvalue weighted by Crippen LogP contribution is 2.26. The molecular weight excluding hydrogens is 234 g/mol. The molecule has 0 fully saturated rings. The molecular formula is C16H19N3. The van der Waals surface area contributed by atoms with E-state index in [9.17, 15) is 0 Å². The van der Waals surface area contributed by atoms with Gasteiger partial charge in [-0.15, -0.1) is 6.42 Å². The van der Waals surface area contributed by atoms with Crippen LogP contribution in [0.4, 0.5) is 5.82 Å². The molecule has 2 rings (SSSR count). The minimum Gasteiger partial charge on any atom is -0.348 e. The topological polar surface area (TPSA) is 28.2 Å². The van der Waals surface area contributed by atoms with Crippen LogP contribution in [-0.4, -0.2) is 25.1 Å². The first-order valence-corrected chi connectivity index (χ1v) is 6.49. The summed E-state index contributed by atoms with van der Waals surface area (Å²) in [6.45, 7) is 4.45. The summed E-state index contributed by atoms with van der Waals surface area (Å²) in [5, 5.41) is 5.73. The van der Waals surface area contributed by atoms with Crippen LogP contribution in [0.1, 0.15) is 12.5 Å². The van der Waals surface area contributed by atoms with Crippen molar-refractivity contribution in [2.75, 3.05) is 25.0 Å². The molecule has 0 amide bonds. The molecule has 0 saturated carbocycles. The van der Waals surface area contributed by atoms with Crippen molar-refractivity contribution in [3.8, 4) is 12.3 Å². The molecule has 0 aliphatic carbocycles. The number of anilines is 1. The van der Waals surface area contributed by atoms with Crippen molar-refractivity contribution in [1.82, 2.24) is 10.3 Å². The normalized spacial score (nSPS) is 10.4. The van der Waals surface area contributed by atoms with Gasteiger partial charge in [-0.3, -0.25) is 0 Å². The second-order valence-corrected chi connectivity index (χ2v) is 4.49. The number of terminal acetylenes is 1. The second kappa shape index (κ2) is 6.21. The Balaban J connectivity index is 2.49. The lowest BCUT2D eigenvalue weighted by atomic mass is 10.1. The summed E-state index contributed by atoms with van der Waals surface area (Å²) in [7, 11) is 1.97. The molecule has 1 heterocycles. The van der Waals surface area contributed by atoms with Crippen LogP contribution in [0.5, 0.6) is 0 Å². The van der Waals surface area contributed by atoms with E-state index in [2.05, 4.69) is 41.3 Å². The number of hydrogen-bond donors (Lipinski definition) is 1. The van der Waals surface area contributed by atoms with Crippen LogP contribution in [0.2, 0.25) is 0 Å². The molecule has 0 aliphatic rings. The summed E-state index contributed by atoms with van der Waals surface area (Å²) in [4.78, 5) is 6.57. The number of aromatic nitrogens is 1. The Hall–Kier alpha value is -2.05. The zero-order valence-electron chi connectivity index (χ0n) is 11.5. The SMILES string of the molecule is C#CCN(C)c1ncc(CNCC)c2ccccc12. The summed E-state index contributed by atoms with van der Waals surface area (Å²) in [6, 6.07) is 8.33. The van der Waals surface area contributed by atoms with Crippen LogP contribution < -0.4 is 10.2 Å². The maximum Gasteiger partial charge on any atom is 0.136 e. The van der Waals surface area contributed by atoms with Gasteiger partial charge < -0.3 is 10.2 Å². The average molecular weight is 253 g/mol. The first-order valence-electron chi connectivity index (χ1n) is 6.49. The standard InChI is InChI=1S/C16H19N3/c1-4-10-19(3)16-15-9-7-6-8-14(15)13(12-18-16)11-17-5-2/h1,6-9,12,17H,5,10-11H2,2-3H3. The van der Waals surface area contributed by atoms with Crippen LogP contribution in [0.25, 0.3) is 10.8 Å². The quantitative estimate of drug-likeness (QED) is 0.829. The molecule has 1 aromatic heterocycles. The Kier molecular flexibility index (Phi) is 4.38. The Labute approximate surface area is 114 Å². The van der Waals surface area contributed by atoms with Crippen molar-refractivity contribution in [3.05, 3.63) is 36.0 Å². The first kappa shape index (κ1) is 13.4. The van der Waals surface area contributed by atoms with E-state index in [1.165, 1.54) is 10.9 Å². The lowest BCUT2D eigenvalue weighted by Gasteiger charge is -2.18. The molecule has 3 heteroatoms. The van der Waals surface area contributed by atoms with E-state index >= 15 is 0 Å². The van der Waals surface area contributed by atoms with Gasteiger partial charge in [-0.1, -0.05) is 37.1 Å². The van der Waals surface area contributed by atoms with E-state index in [1.807, 2.05) is 24.2 Å². The minimum absolute atomic E-state index is 0.559. The van der Waals surface area contributed by atoms with Gasteiger partial charge >= 0.3 is 0 Å². The Morgan fingerprint density at radius 1 is 1.32 bits per heavy atom. The van der Waals surface area contributed by atoms with Crippen LogP contribution in [0.15, 0.2) is 30.5 Å². The Morgan fingerprint density at radius 3 is 2.74 bits per heavy atom. The van der Waals surface area contributed by atoms with E-state index in [0.717, 1.165) is 24.3 Å². The van der Waals surface area contributed by atoms with Crippen molar-refractivity contribution in [1.29, 1.82) is 0 Å². The second-order valence-electron chi connectivity index (χ2n) is 4.49. The fourth-order valence-corrected chi connectivity index (χ4v) is 2.15. The number of nitrogens with zero attached hydrogens (tertiary/aromatic N) is 2. The molecule has 1 aromatic carbocycles. The highest BCUT2D eigenvalue weighted by atomic mass is 15.2. The van der Waals surface area contributed by atoms with Crippen molar-refractivity contribution < 1.29 is 0 Å². The predicted molar refractivity (Wildman–Crippen MR) is 81.2 cm³/mol. The number of fused-ring (bicyclic) bond motifs is 1. The average Bonchev–Trinajstić information content (AvgIpc) is 2.45. The van der Waals surface area contributed by atoms with Crippen LogP contribution >= 0.6 is 0 Å². The van der Waals surface area contributed by atoms with Gasteiger partial charge in [0, 0.05) is 25.2 Å². The van der Waals surface area contributed by atoms with Gasteiger partial charge in [-0.25, -0.2) is 4.98 Å². The van der Waals surface area contributed by atoms with Gasteiger partial charge in [0.1, 0.15) is 5.82 Å². The number of nitrogens with one attached hydrogen (secondary N) is 1. The van der Waals surface area contributed by atoms with E-state index in [1.54, 1.807) is 0 Å². The molecule has 0 aliphatic heterocycles. The largest absolute Gasteiger partial charge is 0.348 e. The van der Waals surface area contributed by atoms with Gasteiger partial charge in [-0.2, -0.15) is 0 Å². The summed E-state index contributed by atoms with van der Waals surface area (Å²) in [6.07, 6.45) is 7.31. The summed E-state index contributed by atoms with van der Waals surface area (Å²) >= 11 is 0. The highest BCUT2D eigenvalue weighted by molar-refractivity contribution is 5.94. The molecule has 0 radical (unpaired) electrons. The molecule has 3 nitrogen and oxygen atoms in total. The monoisotopic (exact) mass is 253 g/mol. The third-order valence-corrected chi connectivity index (χ3v) is 3.11. The van der Waals surface area contributed by atoms with Gasteiger partial charge in [0.05, 0.1) is 6.54 Å². The van der Waals surface area contributed by atoms with E-state index < -0.39 is 0 Å². The van der Waals surface area contributed by atoms with E-state index in [0.29, 0.717) is 6.54 Å². The number of pyridine rings is 1. The van der Waals surface area contributed by atoms with Crippen LogP contribution in [0, 0.1) is 12.3 Å². The Morgan fingerprint density at radius 2 is 2.05 bits per heavy atom. The number of hydrogen-bond acceptors (Lipinski definition) is 3. The molecule has 0 unspecified atom stereocenters. The zero-order chi connectivity index (χ0) is 13.7. The predicted octanol–water partition coefficient (Wildman–Crippen LogP) is 2.41. The van der Waals surface area contributed by atoms with Crippen molar-refractivity contribution >= 4 is 16.6 Å². The third kappa shape index (κ3) is 2.86. The lowest BCUT2D eigenvalue weighted by Crippen LogP contribution is -2.19. The Bertz CT molecular complexity index is 598. The zero-order valence-corrected chi connectivity index (χ0v) is 11.5. The summed E-state index contributed by atoms with van der Waals surface area (Å²) in [5.41, 5.74) is 1.22. The minimum atomic E-state index is 0.559. The van der Waals surface area contributed by atoms with Crippen LogP contribution in [-0.2, 0) is 6.54 Å². The van der Waals surface area contributed by atoms with Crippen LogP contribution in [0.3, 0.4) is 0 Å². The molecule has 0 atom stereocenters. The summed E-state index contributed by atoms with van der Waals surface area (Å²) < 4.78 is 0. The molecule has 19 heavy (non-hydrogen) atoms. The highest BCUT2D eigenvalue weighted by Gasteiger charge is 2.09. The molecule has 1 N–H and O–H groups in total. The molecule has 0 saturated heterocycles. The number of benzene rings is 1. The molecule has 2 aromatic rings. The van der Waals surface area contributed by atoms with Crippen molar-refractivity contribution in [2.24, 2.45) is 0 Å². The van der Waals surface area contributed by atoms with E-state index in [-0.39, 0.29) is 0 Å². The lowest BCUT2D eigenvalue weighted by molar-refractivity contribution is 0.728. The maximum absolute atomic E-state index is 5.38. The van der Waals surface area contributed by atoms with Crippen molar-refractivity contribution in [3.63, 3.8) is 0 Å². The van der Waals surface area contributed by atoms with Gasteiger partial charge in [0.25, 0.3) is 0 Å². The van der Waals surface area contributed by atoms with Crippen molar-refractivity contribution in [2.45, 2.75) is 13.5 Å². The first-order chi connectivity index (χ1) is 9.27. The molecule has 0 spiro atoms. The smallest absolute Gasteiger partial charge is 0.136 e. The van der Waals surface area contributed by atoms with Gasteiger partial charge in [0.15, 0.2) is 0 Å². The summed E-state index contributed by atoms with van der Waals surface area (Å²) in [5.74, 6) is 3.59. The fraction of sp³-hybridized carbons (Fsp3) is 0.312. The molecule has 0 bridgehead atoms. The third-order valence-electron chi connectivity index (χ3n) is 3.11. The maximum atomic E-state index is 5.38.